The molecule has 1 amide bonds. The molecule has 2 atom stereocenters. The molecule has 1 aliphatic rings. The first-order chi connectivity index (χ1) is 19.2. The highest BCUT2D eigenvalue weighted by molar-refractivity contribution is 5.85. The van der Waals surface area contributed by atoms with Crippen molar-refractivity contribution in [1.82, 2.24) is 24.9 Å². The van der Waals surface area contributed by atoms with Crippen LogP contribution in [-0.4, -0.2) is 63.1 Å². The number of alkyl carbamates (subject to hydrolysis) is 1. The minimum absolute atomic E-state index is 0.356. The van der Waals surface area contributed by atoms with Crippen LogP contribution in [0.3, 0.4) is 0 Å². The van der Waals surface area contributed by atoms with Crippen molar-refractivity contribution < 1.29 is 19.0 Å². The second-order valence-electron chi connectivity index (χ2n) is 10.4. The molecule has 5 rings (SSSR count). The number of aromatic nitrogens is 4. The first-order valence-corrected chi connectivity index (χ1v) is 13.1. The summed E-state index contributed by atoms with van der Waals surface area (Å²) in [5.41, 5.74) is 2.14. The van der Waals surface area contributed by atoms with Crippen LogP contribution in [0.5, 0.6) is 11.6 Å². The van der Waals surface area contributed by atoms with Crippen LogP contribution in [-0.2, 0) is 4.74 Å². The highest BCUT2D eigenvalue weighted by atomic mass is 16.6. The zero-order valence-corrected chi connectivity index (χ0v) is 22.9. The van der Waals surface area contributed by atoms with Gasteiger partial charge in [0.1, 0.15) is 29.3 Å². The van der Waals surface area contributed by atoms with E-state index in [-0.39, 0.29) is 12.1 Å². The molecule has 0 aliphatic carbocycles. The number of nitriles is 1. The summed E-state index contributed by atoms with van der Waals surface area (Å²) in [4.78, 5) is 23.6. The van der Waals surface area contributed by atoms with Gasteiger partial charge < -0.3 is 24.4 Å². The van der Waals surface area contributed by atoms with Gasteiger partial charge in [-0.25, -0.2) is 19.3 Å². The van der Waals surface area contributed by atoms with Crippen LogP contribution in [0.1, 0.15) is 33.3 Å². The fourth-order valence-electron chi connectivity index (χ4n) is 4.63. The van der Waals surface area contributed by atoms with Crippen molar-refractivity contribution in [2.45, 2.75) is 45.4 Å². The molecule has 0 bridgehead atoms. The maximum Gasteiger partial charge on any atom is 0.408 e. The maximum absolute atomic E-state index is 12.6. The number of fused-ring (bicyclic) bond motifs is 1. The molecular formula is C29H31N7O4. The molecule has 1 aliphatic heterocycles. The second kappa shape index (κ2) is 11.1. The summed E-state index contributed by atoms with van der Waals surface area (Å²) in [6, 6.07) is 13.1. The number of hydrogen-bond acceptors (Lipinski definition) is 9. The molecule has 1 saturated heterocycles. The number of carbonyl (C=O) groups is 1. The van der Waals surface area contributed by atoms with E-state index >= 15 is 0 Å². The van der Waals surface area contributed by atoms with E-state index in [2.05, 4.69) is 21.5 Å². The molecular weight excluding hydrogens is 510 g/mol. The molecule has 1 N–H and O–H groups in total. The van der Waals surface area contributed by atoms with E-state index in [1.807, 2.05) is 62.9 Å². The average Bonchev–Trinajstić information content (AvgIpc) is 3.52. The van der Waals surface area contributed by atoms with Gasteiger partial charge in [-0.2, -0.15) is 10.4 Å². The Labute approximate surface area is 232 Å². The van der Waals surface area contributed by atoms with E-state index in [1.165, 1.54) is 0 Å². The smallest absolute Gasteiger partial charge is 0.408 e. The maximum atomic E-state index is 12.6. The average molecular weight is 542 g/mol. The quantitative estimate of drug-likeness (QED) is 0.366. The van der Waals surface area contributed by atoms with Crippen molar-refractivity contribution in [1.29, 1.82) is 5.26 Å². The normalized spacial score (nSPS) is 16.9. The van der Waals surface area contributed by atoms with Gasteiger partial charge in [0, 0.05) is 36.1 Å². The molecule has 0 spiro atoms. The number of anilines is 1. The predicted molar refractivity (Wildman–Crippen MR) is 148 cm³/mol. The SMILES string of the molecule is CCOc1cc(-c2ccc(N3C[C@@H](NC(=O)OC(C)(C)C)[C@H](Oc4ccccn4)C3)nc2)c2c(C#N)cnn2c1. The van der Waals surface area contributed by atoms with Crippen molar-refractivity contribution >= 4 is 17.4 Å². The molecule has 1 fully saturated rings. The molecule has 11 heteroatoms. The topological polar surface area (TPSA) is 127 Å². The minimum atomic E-state index is -0.622. The summed E-state index contributed by atoms with van der Waals surface area (Å²) in [7, 11) is 0. The Morgan fingerprint density at radius 1 is 1.18 bits per heavy atom. The van der Waals surface area contributed by atoms with Gasteiger partial charge in [-0.15, -0.1) is 0 Å². The largest absolute Gasteiger partial charge is 0.492 e. The first-order valence-electron chi connectivity index (χ1n) is 13.1. The van der Waals surface area contributed by atoms with Crippen LogP contribution in [0.15, 0.2) is 61.2 Å². The van der Waals surface area contributed by atoms with Gasteiger partial charge in [-0.05, 0) is 52.0 Å². The highest BCUT2D eigenvalue weighted by Crippen LogP contribution is 2.32. The molecule has 4 aromatic heterocycles. The number of hydrogen-bond donors (Lipinski definition) is 1. The number of nitrogens with zero attached hydrogens (tertiary/aromatic N) is 6. The Morgan fingerprint density at radius 2 is 2.02 bits per heavy atom. The first kappa shape index (κ1) is 26.7. The Kier molecular flexibility index (Phi) is 7.42. The van der Waals surface area contributed by atoms with Crippen LogP contribution >= 0.6 is 0 Å². The lowest BCUT2D eigenvalue weighted by molar-refractivity contribution is 0.0471. The van der Waals surface area contributed by atoms with E-state index in [0.29, 0.717) is 42.4 Å². The van der Waals surface area contributed by atoms with Crippen LogP contribution in [0.25, 0.3) is 16.6 Å². The van der Waals surface area contributed by atoms with E-state index in [1.54, 1.807) is 35.4 Å². The Morgan fingerprint density at radius 3 is 2.70 bits per heavy atom. The summed E-state index contributed by atoms with van der Waals surface area (Å²) >= 11 is 0. The Bertz CT molecular complexity index is 1520. The van der Waals surface area contributed by atoms with E-state index in [4.69, 9.17) is 19.2 Å². The van der Waals surface area contributed by atoms with Gasteiger partial charge in [0.2, 0.25) is 5.88 Å². The lowest BCUT2D eigenvalue weighted by Gasteiger charge is -2.24. The van der Waals surface area contributed by atoms with Gasteiger partial charge in [0.15, 0.2) is 0 Å². The van der Waals surface area contributed by atoms with Crippen molar-refractivity contribution in [2.24, 2.45) is 0 Å². The molecule has 11 nitrogen and oxygen atoms in total. The molecule has 4 aromatic rings. The van der Waals surface area contributed by atoms with Crippen LogP contribution in [0.4, 0.5) is 10.6 Å². The van der Waals surface area contributed by atoms with E-state index in [9.17, 15) is 10.1 Å². The van der Waals surface area contributed by atoms with Gasteiger partial charge >= 0.3 is 6.09 Å². The zero-order valence-electron chi connectivity index (χ0n) is 22.9. The third-order valence-electron chi connectivity index (χ3n) is 6.28. The fraction of sp³-hybridized carbons (Fsp3) is 0.345. The summed E-state index contributed by atoms with van der Waals surface area (Å²) in [5, 5.41) is 16.9. The van der Waals surface area contributed by atoms with Crippen LogP contribution in [0.2, 0.25) is 0 Å². The zero-order chi connectivity index (χ0) is 28.3. The molecule has 0 radical (unpaired) electrons. The number of ether oxygens (including phenoxy) is 3. The number of nitrogens with one attached hydrogen (secondary N) is 1. The van der Waals surface area contributed by atoms with Crippen molar-refractivity contribution in [3.8, 4) is 28.8 Å². The van der Waals surface area contributed by atoms with Gasteiger partial charge in [-0.1, -0.05) is 6.07 Å². The van der Waals surface area contributed by atoms with Crippen LogP contribution in [0, 0.1) is 11.3 Å². The van der Waals surface area contributed by atoms with Crippen LogP contribution < -0.4 is 19.7 Å². The Balaban J connectivity index is 1.40. The van der Waals surface area contributed by atoms with E-state index < -0.39 is 11.7 Å². The predicted octanol–water partition coefficient (Wildman–Crippen LogP) is 4.22. The fourth-order valence-corrected chi connectivity index (χ4v) is 4.63. The third-order valence-corrected chi connectivity index (χ3v) is 6.28. The van der Waals surface area contributed by atoms with Crippen molar-refractivity contribution in [3.63, 3.8) is 0 Å². The molecule has 0 unspecified atom stereocenters. The van der Waals surface area contributed by atoms with Crippen molar-refractivity contribution in [2.75, 3.05) is 24.6 Å². The molecule has 40 heavy (non-hydrogen) atoms. The lowest BCUT2D eigenvalue weighted by Crippen LogP contribution is -2.47. The molecule has 206 valence electrons. The van der Waals surface area contributed by atoms with Crippen molar-refractivity contribution in [3.05, 3.63) is 66.7 Å². The number of rotatable bonds is 7. The standard InChI is InChI=1S/C29H31N7O4/c1-5-38-21-12-22(27-20(13-30)15-33-36(27)16-21)19-9-10-25(32-14-19)35-17-23(34-28(37)40-29(2,3)4)24(18-35)39-26-8-6-7-11-31-26/h6-12,14-16,23-24H,5,17-18H2,1-4H3,(H,34,37)/t23-,24-/m1/s1. The van der Waals surface area contributed by atoms with Gasteiger partial charge in [-0.3, -0.25) is 0 Å². The third kappa shape index (κ3) is 5.91. The number of carbonyl (C=O) groups excluding carboxylic acids is 1. The molecule has 0 saturated carbocycles. The number of pyridine rings is 3. The molecule has 0 aromatic carbocycles. The summed E-state index contributed by atoms with van der Waals surface area (Å²) in [6.07, 6.45) is 5.84. The monoisotopic (exact) mass is 541 g/mol. The van der Waals surface area contributed by atoms with Gasteiger partial charge in [0.05, 0.1) is 42.7 Å². The van der Waals surface area contributed by atoms with Gasteiger partial charge in [0.25, 0.3) is 0 Å². The summed E-state index contributed by atoms with van der Waals surface area (Å²) < 4.78 is 19.0. The summed E-state index contributed by atoms with van der Waals surface area (Å²) in [5.74, 6) is 1.84. The van der Waals surface area contributed by atoms with E-state index in [0.717, 1.165) is 16.9 Å². The Hall–Kier alpha value is -4.85. The molecule has 5 heterocycles. The summed E-state index contributed by atoms with van der Waals surface area (Å²) in [6.45, 7) is 8.83. The second-order valence-corrected chi connectivity index (χ2v) is 10.4. The lowest BCUT2D eigenvalue weighted by atomic mass is 10.1. The highest BCUT2D eigenvalue weighted by Gasteiger charge is 2.37. The number of amides is 1. The minimum Gasteiger partial charge on any atom is -0.492 e.